The zero-order valence-corrected chi connectivity index (χ0v) is 12.8. The molecule has 0 spiro atoms. The van der Waals surface area contributed by atoms with Crippen molar-refractivity contribution in [3.63, 3.8) is 0 Å². The first-order valence-corrected chi connectivity index (χ1v) is 7.29. The summed E-state index contributed by atoms with van der Waals surface area (Å²) in [7, 11) is 0. The van der Waals surface area contributed by atoms with Crippen LogP contribution in [0.1, 0.15) is 34.9 Å². The van der Waals surface area contributed by atoms with Gasteiger partial charge in [0, 0.05) is 11.4 Å². The molecule has 0 bridgehead atoms. The van der Waals surface area contributed by atoms with Gasteiger partial charge in [-0.2, -0.15) is 5.10 Å². The summed E-state index contributed by atoms with van der Waals surface area (Å²) < 4.78 is 5.29. The number of hydrogen-bond donors (Lipinski definition) is 2. The standard InChI is InChI=1S/C15H16ClN5O/c1-8-14-12(19-20-15(17)18)6-9(7-13(14)21-22-8)10-4-2-3-5-11(10)16/h2-5,9H,6-7H2,1H3,(H4,17,18,20). The number of benzene rings is 1. The molecule has 0 amide bonds. The minimum absolute atomic E-state index is 0.0805. The molecule has 0 fully saturated rings. The lowest BCUT2D eigenvalue weighted by molar-refractivity contribution is 0.389. The molecule has 2 aromatic rings. The maximum atomic E-state index is 6.31. The highest BCUT2D eigenvalue weighted by atomic mass is 35.5. The molecular formula is C15H16ClN5O. The molecule has 0 saturated heterocycles. The summed E-state index contributed by atoms with van der Waals surface area (Å²) >= 11 is 6.31. The average molecular weight is 318 g/mol. The Balaban J connectivity index is 2.04. The van der Waals surface area contributed by atoms with E-state index in [4.69, 9.17) is 27.6 Å². The Labute approximate surface area is 132 Å². The number of halogens is 1. The number of nitrogens with zero attached hydrogens (tertiary/aromatic N) is 3. The first-order chi connectivity index (χ1) is 10.6. The van der Waals surface area contributed by atoms with E-state index in [0.717, 1.165) is 39.7 Å². The van der Waals surface area contributed by atoms with Crippen LogP contribution in [0.5, 0.6) is 0 Å². The second-order valence-corrected chi connectivity index (χ2v) is 5.67. The molecule has 1 aromatic carbocycles. The van der Waals surface area contributed by atoms with Gasteiger partial charge in [0.05, 0.1) is 17.0 Å². The molecule has 6 nitrogen and oxygen atoms in total. The molecule has 7 heteroatoms. The largest absolute Gasteiger partial charge is 0.369 e. The van der Waals surface area contributed by atoms with Crippen LogP contribution in [0.3, 0.4) is 0 Å². The van der Waals surface area contributed by atoms with Crippen molar-refractivity contribution in [1.82, 2.24) is 5.16 Å². The Kier molecular flexibility index (Phi) is 3.85. The topological polar surface area (TPSA) is 103 Å². The molecule has 1 aromatic heterocycles. The molecule has 114 valence electrons. The normalized spacial score (nSPS) is 19.0. The first kappa shape index (κ1) is 14.6. The third-order valence-corrected chi connectivity index (χ3v) is 4.08. The SMILES string of the molecule is Cc1onc2c1C(=NN=C(N)N)CC(c1ccccc1Cl)C2. The van der Waals surface area contributed by atoms with Crippen LogP contribution < -0.4 is 11.5 Å². The molecule has 0 radical (unpaired) electrons. The number of hydrogen-bond acceptors (Lipinski definition) is 4. The molecular weight excluding hydrogens is 302 g/mol. The number of aryl methyl sites for hydroxylation is 1. The second-order valence-electron chi connectivity index (χ2n) is 5.26. The number of nitrogens with two attached hydrogens (primary N) is 2. The highest BCUT2D eigenvalue weighted by molar-refractivity contribution is 6.31. The van der Waals surface area contributed by atoms with E-state index in [0.29, 0.717) is 6.42 Å². The fourth-order valence-electron chi connectivity index (χ4n) is 2.80. The van der Waals surface area contributed by atoms with Crippen molar-refractivity contribution >= 4 is 23.3 Å². The van der Waals surface area contributed by atoms with Crippen LogP contribution in [0.15, 0.2) is 39.0 Å². The Morgan fingerprint density at radius 2 is 2.09 bits per heavy atom. The smallest absolute Gasteiger partial charge is 0.211 e. The van der Waals surface area contributed by atoms with Gasteiger partial charge in [-0.05, 0) is 30.9 Å². The van der Waals surface area contributed by atoms with Gasteiger partial charge in [-0.1, -0.05) is 35.0 Å². The highest BCUT2D eigenvalue weighted by Gasteiger charge is 2.30. The number of guanidine groups is 1. The zero-order valence-electron chi connectivity index (χ0n) is 12.1. The predicted octanol–water partition coefficient (Wildman–Crippen LogP) is 2.34. The van der Waals surface area contributed by atoms with Gasteiger partial charge < -0.3 is 16.0 Å². The van der Waals surface area contributed by atoms with Crippen molar-refractivity contribution in [3.8, 4) is 0 Å². The summed E-state index contributed by atoms with van der Waals surface area (Å²) in [6.07, 6.45) is 1.42. The summed E-state index contributed by atoms with van der Waals surface area (Å²) in [5.41, 5.74) is 14.3. The molecule has 0 aliphatic heterocycles. The Hall–Kier alpha value is -2.34. The van der Waals surface area contributed by atoms with E-state index >= 15 is 0 Å². The molecule has 1 unspecified atom stereocenters. The fourth-order valence-corrected chi connectivity index (χ4v) is 3.09. The Morgan fingerprint density at radius 3 is 2.82 bits per heavy atom. The Morgan fingerprint density at radius 1 is 1.32 bits per heavy atom. The third kappa shape index (κ3) is 2.69. The minimum Gasteiger partial charge on any atom is -0.369 e. The van der Waals surface area contributed by atoms with Crippen molar-refractivity contribution in [2.45, 2.75) is 25.7 Å². The molecule has 1 aliphatic rings. The molecule has 4 N–H and O–H groups in total. The minimum atomic E-state index is -0.0805. The van der Waals surface area contributed by atoms with Gasteiger partial charge in [-0.15, -0.1) is 5.10 Å². The van der Waals surface area contributed by atoms with Gasteiger partial charge in [-0.3, -0.25) is 0 Å². The molecule has 3 rings (SSSR count). The van der Waals surface area contributed by atoms with Gasteiger partial charge in [0.25, 0.3) is 0 Å². The van der Waals surface area contributed by atoms with Crippen LogP contribution in [-0.2, 0) is 6.42 Å². The summed E-state index contributed by atoms with van der Waals surface area (Å²) in [5.74, 6) is 0.804. The maximum Gasteiger partial charge on any atom is 0.211 e. The summed E-state index contributed by atoms with van der Waals surface area (Å²) in [4.78, 5) is 0. The van der Waals surface area contributed by atoms with E-state index in [9.17, 15) is 0 Å². The third-order valence-electron chi connectivity index (χ3n) is 3.73. The molecule has 1 heterocycles. The molecule has 1 aliphatic carbocycles. The van der Waals surface area contributed by atoms with Crippen LogP contribution in [0.25, 0.3) is 0 Å². The predicted molar refractivity (Wildman–Crippen MR) is 86.1 cm³/mol. The van der Waals surface area contributed by atoms with Crippen LogP contribution >= 0.6 is 11.6 Å². The molecule has 0 saturated carbocycles. The van der Waals surface area contributed by atoms with Gasteiger partial charge in [0.15, 0.2) is 0 Å². The lowest BCUT2D eigenvalue weighted by atomic mass is 9.81. The quantitative estimate of drug-likeness (QED) is 0.504. The Bertz CT molecular complexity index is 761. The van der Waals surface area contributed by atoms with Crippen LogP contribution in [0.2, 0.25) is 5.02 Å². The lowest BCUT2D eigenvalue weighted by Gasteiger charge is -2.23. The van der Waals surface area contributed by atoms with Gasteiger partial charge in [0.2, 0.25) is 5.96 Å². The van der Waals surface area contributed by atoms with Crippen molar-refractivity contribution in [1.29, 1.82) is 0 Å². The zero-order chi connectivity index (χ0) is 15.7. The number of aromatic nitrogens is 1. The van der Waals surface area contributed by atoms with E-state index < -0.39 is 0 Å². The van der Waals surface area contributed by atoms with Crippen molar-refractivity contribution in [2.24, 2.45) is 21.7 Å². The first-order valence-electron chi connectivity index (χ1n) is 6.91. The van der Waals surface area contributed by atoms with Crippen molar-refractivity contribution in [3.05, 3.63) is 51.9 Å². The summed E-state index contributed by atoms with van der Waals surface area (Å²) in [5, 5.41) is 12.8. The lowest BCUT2D eigenvalue weighted by Crippen LogP contribution is -2.23. The summed E-state index contributed by atoms with van der Waals surface area (Å²) in [6, 6.07) is 7.78. The number of rotatable bonds is 2. The highest BCUT2D eigenvalue weighted by Crippen LogP contribution is 2.36. The number of fused-ring (bicyclic) bond motifs is 1. The van der Waals surface area contributed by atoms with Crippen LogP contribution in [0, 0.1) is 6.92 Å². The fraction of sp³-hybridized carbons (Fsp3) is 0.267. The van der Waals surface area contributed by atoms with Crippen molar-refractivity contribution in [2.75, 3.05) is 0 Å². The van der Waals surface area contributed by atoms with E-state index in [1.54, 1.807) is 0 Å². The molecule has 22 heavy (non-hydrogen) atoms. The van der Waals surface area contributed by atoms with Crippen LogP contribution in [0.4, 0.5) is 0 Å². The monoisotopic (exact) mass is 317 g/mol. The van der Waals surface area contributed by atoms with Crippen molar-refractivity contribution < 1.29 is 4.52 Å². The second kappa shape index (κ2) is 5.81. The maximum absolute atomic E-state index is 6.31. The average Bonchev–Trinajstić information content (AvgIpc) is 2.87. The van der Waals surface area contributed by atoms with Crippen LogP contribution in [-0.4, -0.2) is 16.8 Å². The summed E-state index contributed by atoms with van der Waals surface area (Å²) in [6.45, 7) is 1.85. The van der Waals surface area contributed by atoms with E-state index in [1.165, 1.54) is 0 Å². The van der Waals surface area contributed by atoms with E-state index in [-0.39, 0.29) is 11.9 Å². The van der Waals surface area contributed by atoms with E-state index in [1.807, 2.05) is 31.2 Å². The van der Waals surface area contributed by atoms with Gasteiger partial charge >= 0.3 is 0 Å². The van der Waals surface area contributed by atoms with E-state index in [2.05, 4.69) is 15.4 Å². The molecule has 1 atom stereocenters. The van der Waals surface area contributed by atoms with Gasteiger partial charge in [0.1, 0.15) is 5.76 Å². The van der Waals surface area contributed by atoms with Gasteiger partial charge in [-0.25, -0.2) is 0 Å².